The zero-order chi connectivity index (χ0) is 14.3. The number of rotatable bonds is 2. The summed E-state index contributed by atoms with van der Waals surface area (Å²) < 4.78 is 1.89. The number of amides is 1. The number of nitrogens with one attached hydrogen (secondary N) is 1. The molecule has 0 aliphatic carbocycles. The van der Waals surface area contributed by atoms with E-state index >= 15 is 0 Å². The highest BCUT2D eigenvalue weighted by molar-refractivity contribution is 5.94. The summed E-state index contributed by atoms with van der Waals surface area (Å²) in [5.41, 5.74) is 3.55. The van der Waals surface area contributed by atoms with E-state index in [1.165, 1.54) is 11.1 Å². The molecule has 0 bridgehead atoms. The number of carbonyl (C=O) groups is 1. The number of fused-ring (bicyclic) bond motifs is 1. The number of benzene rings is 1. The van der Waals surface area contributed by atoms with Gasteiger partial charge in [-0.1, -0.05) is 24.3 Å². The van der Waals surface area contributed by atoms with Gasteiger partial charge in [0.05, 0.1) is 6.20 Å². The molecule has 4 heteroatoms. The fraction of sp³-hybridized carbons (Fsp3) is 0.375. The predicted molar refractivity (Wildman–Crippen MR) is 78.9 cm³/mol. The average molecular weight is 269 g/mol. The molecule has 1 aromatic carbocycles. The maximum atomic E-state index is 12.0. The summed E-state index contributed by atoms with van der Waals surface area (Å²) in [5.74, 6) is 1.02. The molecule has 1 aliphatic rings. The third-order valence-electron chi connectivity index (χ3n) is 3.90. The van der Waals surface area contributed by atoms with Crippen molar-refractivity contribution in [2.45, 2.75) is 39.2 Å². The van der Waals surface area contributed by atoms with Crippen LogP contribution in [0.1, 0.15) is 48.9 Å². The maximum absolute atomic E-state index is 12.0. The molecule has 104 valence electrons. The van der Waals surface area contributed by atoms with Crippen molar-refractivity contribution in [2.24, 2.45) is 0 Å². The minimum absolute atomic E-state index is 0.0631. The van der Waals surface area contributed by atoms with Crippen LogP contribution in [-0.4, -0.2) is 15.7 Å². The number of aryl methyl sites for hydroxylation is 1. The van der Waals surface area contributed by atoms with Gasteiger partial charge >= 0.3 is 0 Å². The smallest absolute Gasteiger partial charge is 0.226 e. The Labute approximate surface area is 118 Å². The number of anilines is 1. The van der Waals surface area contributed by atoms with E-state index in [1.54, 1.807) is 0 Å². The minimum atomic E-state index is 0.0631. The topological polar surface area (TPSA) is 46.9 Å². The lowest BCUT2D eigenvalue weighted by molar-refractivity contribution is -0.116. The van der Waals surface area contributed by atoms with E-state index < -0.39 is 0 Å². The van der Waals surface area contributed by atoms with E-state index in [1.807, 2.05) is 23.0 Å². The van der Waals surface area contributed by atoms with Crippen LogP contribution in [0.25, 0.3) is 0 Å². The van der Waals surface area contributed by atoms with Crippen LogP contribution in [0.5, 0.6) is 0 Å². The van der Waals surface area contributed by atoms with Crippen molar-refractivity contribution in [2.75, 3.05) is 5.32 Å². The Hall–Kier alpha value is -2.10. The molecule has 0 saturated heterocycles. The second-order valence-corrected chi connectivity index (χ2v) is 5.65. The van der Waals surface area contributed by atoms with E-state index in [0.29, 0.717) is 6.42 Å². The standard InChI is InChI=1S/C16H19N3O/c1-10(2)19-16-14(9-17-19)13(8-15(20)18-16)12-7-5-4-6-11(12)3/h4-7,9-10,13H,8H2,1-3H3,(H,18,20)/t13-/m1/s1. The van der Waals surface area contributed by atoms with Crippen molar-refractivity contribution in [3.05, 3.63) is 47.2 Å². The Morgan fingerprint density at radius 2 is 2.05 bits per heavy atom. The van der Waals surface area contributed by atoms with Gasteiger partial charge in [0.25, 0.3) is 0 Å². The number of hydrogen-bond donors (Lipinski definition) is 1. The van der Waals surface area contributed by atoms with E-state index in [9.17, 15) is 4.79 Å². The van der Waals surface area contributed by atoms with Gasteiger partial charge < -0.3 is 5.32 Å². The van der Waals surface area contributed by atoms with Crippen LogP contribution in [0, 0.1) is 6.92 Å². The van der Waals surface area contributed by atoms with Gasteiger partial charge in [-0.05, 0) is 31.9 Å². The zero-order valence-electron chi connectivity index (χ0n) is 12.1. The minimum Gasteiger partial charge on any atom is -0.311 e. The molecule has 1 N–H and O–H groups in total. The quantitative estimate of drug-likeness (QED) is 0.909. The van der Waals surface area contributed by atoms with Crippen LogP contribution < -0.4 is 5.32 Å². The summed E-state index contributed by atoms with van der Waals surface area (Å²) in [5, 5.41) is 7.41. The summed E-state index contributed by atoms with van der Waals surface area (Å²) in [7, 11) is 0. The lowest BCUT2D eigenvalue weighted by atomic mass is 9.85. The summed E-state index contributed by atoms with van der Waals surface area (Å²) >= 11 is 0. The van der Waals surface area contributed by atoms with Crippen molar-refractivity contribution in [3.63, 3.8) is 0 Å². The first-order valence-electron chi connectivity index (χ1n) is 7.00. The van der Waals surface area contributed by atoms with Gasteiger partial charge in [-0.3, -0.25) is 4.79 Å². The van der Waals surface area contributed by atoms with Crippen molar-refractivity contribution in [1.82, 2.24) is 9.78 Å². The number of aromatic nitrogens is 2. The van der Waals surface area contributed by atoms with Crippen molar-refractivity contribution < 1.29 is 4.79 Å². The third kappa shape index (κ3) is 2.01. The molecule has 0 spiro atoms. The van der Waals surface area contributed by atoms with Crippen LogP contribution >= 0.6 is 0 Å². The Balaban J connectivity index is 2.12. The highest BCUT2D eigenvalue weighted by atomic mass is 16.1. The van der Waals surface area contributed by atoms with Gasteiger partial charge in [0, 0.05) is 23.9 Å². The Morgan fingerprint density at radius 1 is 1.30 bits per heavy atom. The van der Waals surface area contributed by atoms with E-state index in [2.05, 4.69) is 43.3 Å². The number of nitrogens with zero attached hydrogens (tertiary/aromatic N) is 2. The first-order chi connectivity index (χ1) is 9.58. The SMILES string of the molecule is Cc1ccccc1[C@H]1CC(=O)Nc2c1cnn2C(C)C. The second-order valence-electron chi connectivity index (χ2n) is 5.65. The van der Waals surface area contributed by atoms with E-state index in [0.717, 1.165) is 11.4 Å². The lowest BCUT2D eigenvalue weighted by Crippen LogP contribution is -2.25. The van der Waals surface area contributed by atoms with Crippen molar-refractivity contribution in [3.8, 4) is 0 Å². The number of hydrogen-bond acceptors (Lipinski definition) is 2. The van der Waals surface area contributed by atoms with Gasteiger partial charge in [-0.15, -0.1) is 0 Å². The van der Waals surface area contributed by atoms with Gasteiger partial charge in [0.1, 0.15) is 5.82 Å². The van der Waals surface area contributed by atoms with Gasteiger partial charge in [0.15, 0.2) is 0 Å². The summed E-state index contributed by atoms with van der Waals surface area (Å²) in [6.45, 7) is 6.22. The van der Waals surface area contributed by atoms with Gasteiger partial charge in [-0.2, -0.15) is 5.10 Å². The molecule has 2 heterocycles. The Bertz CT molecular complexity index is 657. The second kappa shape index (κ2) is 4.78. The predicted octanol–water partition coefficient (Wildman–Crippen LogP) is 3.25. The normalized spacial score (nSPS) is 18.0. The van der Waals surface area contributed by atoms with Crippen LogP contribution in [0.3, 0.4) is 0 Å². The van der Waals surface area contributed by atoms with Crippen LogP contribution in [0.15, 0.2) is 30.5 Å². The molecule has 2 aromatic rings. The molecule has 0 radical (unpaired) electrons. The molecule has 1 aliphatic heterocycles. The molecular formula is C16H19N3O. The highest BCUT2D eigenvalue weighted by Gasteiger charge is 2.30. The molecule has 0 fully saturated rings. The molecule has 3 rings (SSSR count). The largest absolute Gasteiger partial charge is 0.311 e. The summed E-state index contributed by atoms with van der Waals surface area (Å²) in [6, 6.07) is 8.49. The van der Waals surface area contributed by atoms with E-state index in [-0.39, 0.29) is 17.9 Å². The van der Waals surface area contributed by atoms with Crippen LogP contribution in [0.2, 0.25) is 0 Å². The number of carbonyl (C=O) groups excluding carboxylic acids is 1. The van der Waals surface area contributed by atoms with Gasteiger partial charge in [-0.25, -0.2) is 4.68 Å². The van der Waals surface area contributed by atoms with Crippen molar-refractivity contribution in [1.29, 1.82) is 0 Å². The summed E-state index contributed by atoms with van der Waals surface area (Å²) in [4.78, 5) is 12.0. The monoisotopic (exact) mass is 269 g/mol. The molecular weight excluding hydrogens is 250 g/mol. The van der Waals surface area contributed by atoms with Gasteiger partial charge in [0.2, 0.25) is 5.91 Å². The first-order valence-corrected chi connectivity index (χ1v) is 7.00. The fourth-order valence-electron chi connectivity index (χ4n) is 2.89. The Kier molecular flexibility index (Phi) is 3.08. The molecule has 20 heavy (non-hydrogen) atoms. The zero-order valence-corrected chi connectivity index (χ0v) is 12.1. The molecule has 0 saturated carbocycles. The van der Waals surface area contributed by atoms with Crippen LogP contribution in [-0.2, 0) is 4.79 Å². The third-order valence-corrected chi connectivity index (χ3v) is 3.90. The highest BCUT2D eigenvalue weighted by Crippen LogP contribution is 2.38. The Morgan fingerprint density at radius 3 is 2.75 bits per heavy atom. The van der Waals surface area contributed by atoms with E-state index in [4.69, 9.17) is 0 Å². The van der Waals surface area contributed by atoms with Crippen molar-refractivity contribution >= 4 is 11.7 Å². The van der Waals surface area contributed by atoms with Crippen LogP contribution in [0.4, 0.5) is 5.82 Å². The lowest BCUT2D eigenvalue weighted by Gasteiger charge is -2.25. The maximum Gasteiger partial charge on any atom is 0.226 e. The molecule has 0 unspecified atom stereocenters. The molecule has 4 nitrogen and oxygen atoms in total. The molecule has 1 atom stereocenters. The fourth-order valence-corrected chi connectivity index (χ4v) is 2.89. The summed E-state index contributed by atoms with van der Waals surface area (Å²) in [6.07, 6.45) is 2.38. The first kappa shape index (κ1) is 12.9. The molecule has 1 aromatic heterocycles. The molecule has 1 amide bonds. The average Bonchev–Trinajstić information content (AvgIpc) is 2.82.